The van der Waals surface area contributed by atoms with E-state index >= 15 is 0 Å². The summed E-state index contributed by atoms with van der Waals surface area (Å²) >= 11 is 0. The molecule has 0 fully saturated rings. The largest absolute Gasteiger partial charge is 0.399 e. The number of halogens is 2. The highest BCUT2D eigenvalue weighted by Crippen LogP contribution is 2.18. The molecule has 2 aromatic rings. The second-order valence-corrected chi connectivity index (χ2v) is 3.59. The molecule has 0 atom stereocenters. The predicted octanol–water partition coefficient (Wildman–Crippen LogP) is 2.95. The molecule has 2 rings (SSSR count). The van der Waals surface area contributed by atoms with Crippen LogP contribution in [0.2, 0.25) is 0 Å². The highest BCUT2D eigenvalue weighted by Gasteiger charge is 2.06. The summed E-state index contributed by atoms with van der Waals surface area (Å²) in [6.07, 6.45) is 2.14. The molecule has 1 aromatic heterocycles. The zero-order valence-electron chi connectivity index (χ0n) is 9.43. The summed E-state index contributed by atoms with van der Waals surface area (Å²) in [4.78, 5) is 4.55. The monoisotopic (exact) mass is 261 g/mol. The number of anilines is 1. The van der Waals surface area contributed by atoms with Crippen LogP contribution in [0.5, 0.6) is 0 Å². The highest BCUT2D eigenvalue weighted by molar-refractivity contribution is 5.85. The quantitative estimate of drug-likeness (QED) is 0.845. The molecule has 3 nitrogen and oxygen atoms in total. The minimum atomic E-state index is 0. The van der Waals surface area contributed by atoms with Gasteiger partial charge in [-0.25, -0.2) is 4.98 Å². The third-order valence-corrected chi connectivity index (χ3v) is 2.47. The van der Waals surface area contributed by atoms with Gasteiger partial charge in [-0.1, -0.05) is 6.92 Å². The van der Waals surface area contributed by atoms with Gasteiger partial charge in [-0.2, -0.15) is 0 Å². The van der Waals surface area contributed by atoms with Crippen LogP contribution in [0, 0.1) is 0 Å². The van der Waals surface area contributed by atoms with Gasteiger partial charge in [0.1, 0.15) is 5.82 Å². The fourth-order valence-electron chi connectivity index (χ4n) is 1.71. The number of hydrogen-bond donors (Lipinski definition) is 1. The minimum Gasteiger partial charge on any atom is -0.399 e. The van der Waals surface area contributed by atoms with E-state index in [0.29, 0.717) is 0 Å². The Balaban J connectivity index is 0.00000112. The molecule has 0 amide bonds. The zero-order chi connectivity index (χ0) is 10.1. The summed E-state index contributed by atoms with van der Waals surface area (Å²) in [5.74, 6) is 1.13. The summed E-state index contributed by atoms with van der Waals surface area (Å²) < 4.78 is 2.14. The molecule has 0 spiro atoms. The number of aromatic nitrogens is 2. The first-order valence-corrected chi connectivity index (χ1v) is 4.93. The molecular weight excluding hydrogens is 245 g/mol. The van der Waals surface area contributed by atoms with Gasteiger partial charge in [0.05, 0.1) is 11.0 Å². The second kappa shape index (κ2) is 5.97. The maximum atomic E-state index is 5.71. The van der Waals surface area contributed by atoms with Gasteiger partial charge >= 0.3 is 0 Å². The molecule has 90 valence electrons. The van der Waals surface area contributed by atoms with E-state index in [1.165, 1.54) is 0 Å². The number of imidazole rings is 1. The van der Waals surface area contributed by atoms with E-state index in [2.05, 4.69) is 23.5 Å². The Labute approximate surface area is 108 Å². The molecule has 16 heavy (non-hydrogen) atoms. The fourth-order valence-corrected chi connectivity index (χ4v) is 1.71. The Bertz CT molecular complexity index is 465. The van der Waals surface area contributed by atoms with Crippen molar-refractivity contribution < 1.29 is 0 Å². The molecule has 0 bridgehead atoms. The van der Waals surface area contributed by atoms with Crippen LogP contribution in [0.15, 0.2) is 18.2 Å². The van der Waals surface area contributed by atoms with Crippen molar-refractivity contribution in [3.05, 3.63) is 24.0 Å². The van der Waals surface area contributed by atoms with Crippen LogP contribution in [-0.2, 0) is 13.5 Å². The number of benzene rings is 1. The van der Waals surface area contributed by atoms with Crippen molar-refractivity contribution in [1.82, 2.24) is 9.55 Å². The van der Waals surface area contributed by atoms with E-state index < -0.39 is 0 Å². The van der Waals surface area contributed by atoms with Crippen molar-refractivity contribution in [1.29, 1.82) is 0 Å². The van der Waals surface area contributed by atoms with Crippen LogP contribution < -0.4 is 5.73 Å². The number of nitrogens with zero attached hydrogens (tertiary/aromatic N) is 2. The van der Waals surface area contributed by atoms with Gasteiger partial charge in [-0.05, 0) is 24.6 Å². The topological polar surface area (TPSA) is 43.8 Å². The van der Waals surface area contributed by atoms with E-state index in [4.69, 9.17) is 5.73 Å². The lowest BCUT2D eigenvalue weighted by molar-refractivity contribution is 0.773. The second-order valence-electron chi connectivity index (χ2n) is 3.59. The summed E-state index contributed by atoms with van der Waals surface area (Å²) in [6.45, 7) is 2.16. The SMILES string of the molecule is CCCc1nc2cc(N)ccc2n1C.Cl.Cl. The zero-order valence-corrected chi connectivity index (χ0v) is 11.1. The molecule has 0 aliphatic carbocycles. The van der Waals surface area contributed by atoms with Crippen molar-refractivity contribution in [2.75, 3.05) is 5.73 Å². The van der Waals surface area contributed by atoms with Crippen molar-refractivity contribution in [3.63, 3.8) is 0 Å². The summed E-state index contributed by atoms with van der Waals surface area (Å²) in [5, 5.41) is 0. The molecule has 0 radical (unpaired) electrons. The Kier molecular flexibility index (Phi) is 5.62. The number of nitrogen functional groups attached to an aromatic ring is 1. The molecule has 0 aliphatic heterocycles. The maximum Gasteiger partial charge on any atom is 0.109 e. The van der Waals surface area contributed by atoms with Crippen molar-refractivity contribution in [3.8, 4) is 0 Å². The van der Waals surface area contributed by atoms with Gasteiger partial charge in [-0.15, -0.1) is 24.8 Å². The number of rotatable bonds is 2. The maximum absolute atomic E-state index is 5.71. The van der Waals surface area contributed by atoms with Crippen molar-refractivity contribution in [2.45, 2.75) is 19.8 Å². The molecule has 1 aromatic carbocycles. The predicted molar refractivity (Wildman–Crippen MR) is 73.6 cm³/mol. The van der Waals surface area contributed by atoms with Gasteiger partial charge in [-0.3, -0.25) is 0 Å². The van der Waals surface area contributed by atoms with Gasteiger partial charge in [0.2, 0.25) is 0 Å². The lowest BCUT2D eigenvalue weighted by Gasteiger charge is -1.99. The Morgan fingerprint density at radius 1 is 1.31 bits per heavy atom. The van der Waals surface area contributed by atoms with Crippen LogP contribution in [0.4, 0.5) is 5.69 Å². The average molecular weight is 262 g/mol. The van der Waals surface area contributed by atoms with Gasteiger partial charge in [0.15, 0.2) is 0 Å². The standard InChI is InChI=1S/C11H15N3.2ClH/c1-3-4-11-13-9-7-8(12)5-6-10(9)14(11)2;;/h5-7H,3-4,12H2,1-2H3;2*1H. The summed E-state index contributed by atoms with van der Waals surface area (Å²) in [7, 11) is 2.05. The molecular formula is C11H17Cl2N3. The van der Waals surface area contributed by atoms with Gasteiger partial charge in [0.25, 0.3) is 0 Å². The van der Waals surface area contributed by atoms with E-state index in [1.807, 2.05) is 18.2 Å². The van der Waals surface area contributed by atoms with Gasteiger partial charge < -0.3 is 10.3 Å². The first-order valence-electron chi connectivity index (χ1n) is 4.93. The number of fused-ring (bicyclic) bond motifs is 1. The molecule has 0 saturated heterocycles. The van der Waals surface area contributed by atoms with Crippen LogP contribution in [0.1, 0.15) is 19.2 Å². The Hall–Kier alpha value is -0.930. The lowest BCUT2D eigenvalue weighted by Crippen LogP contribution is -1.96. The molecule has 0 aliphatic rings. The van der Waals surface area contributed by atoms with E-state index in [-0.39, 0.29) is 24.8 Å². The summed E-state index contributed by atoms with van der Waals surface area (Å²) in [6, 6.07) is 5.87. The normalized spacial score (nSPS) is 9.62. The smallest absolute Gasteiger partial charge is 0.109 e. The van der Waals surface area contributed by atoms with Crippen molar-refractivity contribution >= 4 is 41.5 Å². The molecule has 5 heteroatoms. The van der Waals surface area contributed by atoms with Crippen molar-refractivity contribution in [2.24, 2.45) is 7.05 Å². The lowest BCUT2D eigenvalue weighted by atomic mass is 10.3. The van der Waals surface area contributed by atoms with Crippen LogP contribution in [0.25, 0.3) is 11.0 Å². The molecule has 2 N–H and O–H groups in total. The molecule has 0 unspecified atom stereocenters. The van der Waals surface area contributed by atoms with E-state index in [0.717, 1.165) is 35.4 Å². The van der Waals surface area contributed by atoms with Crippen LogP contribution in [0.3, 0.4) is 0 Å². The third-order valence-electron chi connectivity index (χ3n) is 2.47. The first kappa shape index (κ1) is 15.1. The van der Waals surface area contributed by atoms with E-state index in [9.17, 15) is 0 Å². The average Bonchev–Trinajstić information content (AvgIpc) is 2.44. The third kappa shape index (κ3) is 2.60. The highest BCUT2D eigenvalue weighted by atomic mass is 35.5. The fraction of sp³-hybridized carbons (Fsp3) is 0.364. The van der Waals surface area contributed by atoms with Gasteiger partial charge in [0, 0.05) is 19.2 Å². The Morgan fingerprint density at radius 3 is 2.62 bits per heavy atom. The molecule has 1 heterocycles. The van der Waals surface area contributed by atoms with Crippen LogP contribution in [-0.4, -0.2) is 9.55 Å². The number of aryl methyl sites for hydroxylation is 2. The molecule has 0 saturated carbocycles. The Morgan fingerprint density at radius 2 is 2.00 bits per heavy atom. The number of hydrogen-bond acceptors (Lipinski definition) is 2. The first-order chi connectivity index (χ1) is 6.72. The minimum absolute atomic E-state index is 0. The summed E-state index contributed by atoms with van der Waals surface area (Å²) in [5.41, 5.74) is 8.64. The van der Waals surface area contributed by atoms with Crippen LogP contribution >= 0.6 is 24.8 Å². The van der Waals surface area contributed by atoms with E-state index in [1.54, 1.807) is 0 Å². The number of nitrogens with two attached hydrogens (primary N) is 1.